The number of nitrogens with zero attached hydrogens (tertiary/aromatic N) is 2. The molecule has 0 aliphatic heterocycles. The van der Waals surface area contributed by atoms with E-state index in [0.717, 1.165) is 17.6 Å². The van der Waals surface area contributed by atoms with E-state index in [1.807, 2.05) is 19.9 Å². The molecule has 20 heavy (non-hydrogen) atoms. The average Bonchev–Trinajstić information content (AvgIpc) is 2.67. The van der Waals surface area contributed by atoms with Crippen LogP contribution in [0.1, 0.15) is 23.1 Å². The third-order valence-corrected chi connectivity index (χ3v) is 4.27. The summed E-state index contributed by atoms with van der Waals surface area (Å²) in [5.74, 6) is 0. The van der Waals surface area contributed by atoms with E-state index in [0.29, 0.717) is 12.1 Å². The van der Waals surface area contributed by atoms with E-state index in [9.17, 15) is 13.5 Å². The van der Waals surface area contributed by atoms with Crippen molar-refractivity contribution in [3.63, 3.8) is 0 Å². The number of aliphatic hydroxyl groups is 1. The number of hydrogen-bond donors (Lipinski definition) is 1. The summed E-state index contributed by atoms with van der Waals surface area (Å²) in [6.45, 7) is 4.17. The Kier molecular flexibility index (Phi) is 3.96. The summed E-state index contributed by atoms with van der Waals surface area (Å²) in [4.78, 5) is 0.250. The number of aliphatic hydroxyl groups excluding tert-OH is 1. The summed E-state index contributed by atoms with van der Waals surface area (Å²) >= 11 is 0. The van der Waals surface area contributed by atoms with Gasteiger partial charge in [0, 0.05) is 11.9 Å². The summed E-state index contributed by atoms with van der Waals surface area (Å²) in [7, 11) is -3.21. The molecule has 0 saturated heterocycles. The van der Waals surface area contributed by atoms with Gasteiger partial charge >= 0.3 is 0 Å². The first-order valence-electron chi connectivity index (χ1n) is 6.26. The van der Waals surface area contributed by atoms with Crippen LogP contribution in [0.5, 0.6) is 0 Å². The quantitative estimate of drug-likeness (QED) is 0.930. The van der Waals surface area contributed by atoms with Crippen molar-refractivity contribution in [1.82, 2.24) is 9.78 Å². The molecule has 1 N–H and O–H groups in total. The highest BCUT2D eigenvalue weighted by Crippen LogP contribution is 2.18. The molecule has 1 heterocycles. The highest BCUT2D eigenvalue weighted by atomic mass is 32.2. The molecule has 1 aromatic carbocycles. The van der Waals surface area contributed by atoms with Crippen molar-refractivity contribution >= 4 is 9.84 Å². The first-order chi connectivity index (χ1) is 9.27. The number of hydrogen-bond acceptors (Lipinski definition) is 4. The summed E-state index contributed by atoms with van der Waals surface area (Å²) < 4.78 is 24.5. The van der Waals surface area contributed by atoms with E-state index in [2.05, 4.69) is 5.10 Å². The van der Waals surface area contributed by atoms with Crippen LogP contribution in [0, 0.1) is 13.8 Å². The molecule has 0 saturated carbocycles. The summed E-state index contributed by atoms with van der Waals surface area (Å²) in [6.07, 6.45) is 0.440. The number of sulfone groups is 1. The van der Waals surface area contributed by atoms with Crippen LogP contribution in [0.4, 0.5) is 0 Å². The van der Waals surface area contributed by atoms with Gasteiger partial charge in [0.25, 0.3) is 0 Å². The molecule has 0 radical (unpaired) electrons. The lowest BCUT2D eigenvalue weighted by molar-refractivity contribution is 0.150. The second-order valence-corrected chi connectivity index (χ2v) is 6.98. The van der Waals surface area contributed by atoms with Gasteiger partial charge in [-0.1, -0.05) is 12.1 Å². The number of benzene rings is 1. The van der Waals surface area contributed by atoms with Gasteiger partial charge in [-0.3, -0.25) is 4.68 Å². The molecular weight excluding hydrogens is 276 g/mol. The molecule has 1 atom stereocenters. The second kappa shape index (κ2) is 5.38. The Morgan fingerprint density at radius 3 is 2.30 bits per heavy atom. The molecule has 5 nitrogen and oxygen atoms in total. The number of rotatable bonds is 4. The van der Waals surface area contributed by atoms with Gasteiger partial charge in [-0.25, -0.2) is 8.42 Å². The third-order valence-electron chi connectivity index (χ3n) is 3.14. The highest BCUT2D eigenvalue weighted by Gasteiger charge is 2.13. The van der Waals surface area contributed by atoms with Gasteiger partial charge in [-0.15, -0.1) is 0 Å². The molecule has 0 spiro atoms. The van der Waals surface area contributed by atoms with Crippen LogP contribution >= 0.6 is 0 Å². The lowest BCUT2D eigenvalue weighted by Crippen LogP contribution is -2.11. The van der Waals surface area contributed by atoms with Crippen LogP contribution in [-0.2, 0) is 16.4 Å². The Hall–Kier alpha value is -1.66. The Morgan fingerprint density at radius 1 is 1.25 bits per heavy atom. The minimum absolute atomic E-state index is 0.250. The standard InChI is InChI=1S/C14H18N2O3S/c1-10-8-11(2)16(15-10)9-14(17)12-4-6-13(7-5-12)20(3,18)19/h4-8,14,17H,9H2,1-3H3/t14-/m1/s1. The van der Waals surface area contributed by atoms with Crippen molar-refractivity contribution in [3.05, 3.63) is 47.3 Å². The molecule has 0 aliphatic carbocycles. The highest BCUT2D eigenvalue weighted by molar-refractivity contribution is 7.90. The fourth-order valence-electron chi connectivity index (χ4n) is 2.07. The Bertz CT molecular complexity index is 703. The van der Waals surface area contributed by atoms with Gasteiger partial charge in [-0.2, -0.15) is 5.10 Å². The fraction of sp³-hybridized carbons (Fsp3) is 0.357. The zero-order valence-electron chi connectivity index (χ0n) is 11.7. The van der Waals surface area contributed by atoms with Crippen molar-refractivity contribution in [2.75, 3.05) is 6.26 Å². The molecule has 108 valence electrons. The largest absolute Gasteiger partial charge is 0.386 e. The summed E-state index contributed by atoms with van der Waals surface area (Å²) in [5.41, 5.74) is 2.56. The van der Waals surface area contributed by atoms with E-state index in [1.54, 1.807) is 16.8 Å². The minimum atomic E-state index is -3.21. The lowest BCUT2D eigenvalue weighted by Gasteiger charge is -2.13. The van der Waals surface area contributed by atoms with Crippen molar-refractivity contribution in [2.24, 2.45) is 0 Å². The SMILES string of the molecule is Cc1cc(C)n(C[C@@H](O)c2ccc(S(C)(=O)=O)cc2)n1. The van der Waals surface area contributed by atoms with Crippen molar-refractivity contribution in [1.29, 1.82) is 0 Å². The van der Waals surface area contributed by atoms with Crippen LogP contribution in [-0.4, -0.2) is 29.6 Å². The molecule has 2 aromatic rings. The van der Waals surface area contributed by atoms with Gasteiger partial charge in [-0.05, 0) is 37.6 Å². The van der Waals surface area contributed by atoms with E-state index >= 15 is 0 Å². The van der Waals surface area contributed by atoms with E-state index in [4.69, 9.17) is 0 Å². The van der Waals surface area contributed by atoms with Gasteiger partial charge in [0.1, 0.15) is 0 Å². The van der Waals surface area contributed by atoms with Crippen LogP contribution in [0.3, 0.4) is 0 Å². The molecule has 6 heteroatoms. The summed E-state index contributed by atoms with van der Waals surface area (Å²) in [6, 6.07) is 8.23. The van der Waals surface area contributed by atoms with Gasteiger partial charge < -0.3 is 5.11 Å². The zero-order valence-corrected chi connectivity index (χ0v) is 12.6. The first kappa shape index (κ1) is 14.7. The molecule has 0 amide bonds. The van der Waals surface area contributed by atoms with Gasteiger partial charge in [0.05, 0.1) is 23.2 Å². The third kappa shape index (κ3) is 3.26. The molecule has 0 unspecified atom stereocenters. The lowest BCUT2D eigenvalue weighted by atomic mass is 10.1. The van der Waals surface area contributed by atoms with E-state index < -0.39 is 15.9 Å². The maximum atomic E-state index is 11.4. The van der Waals surface area contributed by atoms with Crippen LogP contribution in [0.2, 0.25) is 0 Å². The van der Waals surface area contributed by atoms with Gasteiger partial charge in [0.15, 0.2) is 9.84 Å². The molecule has 0 fully saturated rings. The second-order valence-electron chi connectivity index (χ2n) is 4.97. The van der Waals surface area contributed by atoms with E-state index in [1.165, 1.54) is 12.1 Å². The normalized spacial score (nSPS) is 13.4. The molecule has 0 aliphatic rings. The Balaban J connectivity index is 2.17. The van der Waals surface area contributed by atoms with Crippen molar-refractivity contribution in [3.8, 4) is 0 Å². The minimum Gasteiger partial charge on any atom is -0.386 e. The average molecular weight is 294 g/mol. The zero-order chi connectivity index (χ0) is 14.9. The summed E-state index contributed by atoms with van der Waals surface area (Å²) in [5, 5.41) is 14.5. The molecule has 2 rings (SSSR count). The monoisotopic (exact) mass is 294 g/mol. The topological polar surface area (TPSA) is 72.2 Å². The van der Waals surface area contributed by atoms with Gasteiger partial charge in [0.2, 0.25) is 0 Å². The maximum absolute atomic E-state index is 11.4. The smallest absolute Gasteiger partial charge is 0.175 e. The predicted octanol–water partition coefficient (Wildman–Crippen LogP) is 1.64. The molecule has 1 aromatic heterocycles. The van der Waals surface area contributed by atoms with Crippen LogP contribution in [0.25, 0.3) is 0 Å². The first-order valence-corrected chi connectivity index (χ1v) is 8.15. The maximum Gasteiger partial charge on any atom is 0.175 e. The van der Waals surface area contributed by atoms with Crippen molar-refractivity contribution < 1.29 is 13.5 Å². The van der Waals surface area contributed by atoms with Crippen LogP contribution in [0.15, 0.2) is 35.2 Å². The van der Waals surface area contributed by atoms with E-state index in [-0.39, 0.29) is 4.90 Å². The Labute approximate surface area is 118 Å². The Morgan fingerprint density at radius 2 is 1.85 bits per heavy atom. The fourth-order valence-corrected chi connectivity index (χ4v) is 2.70. The van der Waals surface area contributed by atoms with Crippen LogP contribution < -0.4 is 0 Å². The predicted molar refractivity (Wildman–Crippen MR) is 76.2 cm³/mol. The number of aromatic nitrogens is 2. The molecule has 0 bridgehead atoms. The van der Waals surface area contributed by atoms with Crippen molar-refractivity contribution in [2.45, 2.75) is 31.4 Å². The molecular formula is C14H18N2O3S. The number of aryl methyl sites for hydroxylation is 2.